The first-order valence-corrected chi connectivity index (χ1v) is 8.62. The zero-order chi connectivity index (χ0) is 15.4. The van der Waals surface area contributed by atoms with Crippen LogP contribution in [-0.4, -0.2) is 23.6 Å². The summed E-state index contributed by atoms with van der Waals surface area (Å²) in [6, 6.07) is 0. The van der Waals surface area contributed by atoms with Crippen LogP contribution in [0.15, 0.2) is 11.0 Å². The lowest BCUT2D eigenvalue weighted by Crippen LogP contribution is -2.45. The smallest absolute Gasteiger partial charge is 0.293 e. The van der Waals surface area contributed by atoms with E-state index in [9.17, 15) is 4.79 Å². The van der Waals surface area contributed by atoms with Gasteiger partial charge in [0.05, 0.1) is 18.8 Å². The summed E-state index contributed by atoms with van der Waals surface area (Å²) in [4.78, 5) is 19.5. The Labute approximate surface area is 131 Å². The maximum atomic E-state index is 12.0. The molecule has 22 heavy (non-hydrogen) atoms. The number of ether oxygens (including phenoxy) is 1. The van der Waals surface area contributed by atoms with Gasteiger partial charge in [0.1, 0.15) is 5.82 Å². The van der Waals surface area contributed by atoms with E-state index < -0.39 is 0 Å². The van der Waals surface area contributed by atoms with Crippen LogP contribution in [0.5, 0.6) is 5.75 Å². The van der Waals surface area contributed by atoms with E-state index in [1.54, 1.807) is 6.20 Å². The molecule has 122 valence electrons. The minimum atomic E-state index is -0.182. The molecule has 0 aromatic carbocycles. The van der Waals surface area contributed by atoms with Crippen LogP contribution in [0.3, 0.4) is 0 Å². The van der Waals surface area contributed by atoms with Gasteiger partial charge in [-0.05, 0) is 38.1 Å². The first-order chi connectivity index (χ1) is 10.7. The van der Waals surface area contributed by atoms with E-state index in [4.69, 9.17) is 4.74 Å². The number of H-pyrrole nitrogens is 1. The number of nitrogens with zero attached hydrogens (tertiary/aromatic N) is 1. The second-order valence-corrected chi connectivity index (χ2v) is 6.80. The van der Waals surface area contributed by atoms with Gasteiger partial charge in [-0.15, -0.1) is 0 Å². The highest BCUT2D eigenvalue weighted by molar-refractivity contribution is 5.17. The van der Waals surface area contributed by atoms with Crippen molar-refractivity contribution in [2.24, 2.45) is 5.92 Å². The molecule has 0 bridgehead atoms. The number of hydrogen-bond donors (Lipinski definition) is 2. The molecule has 2 fully saturated rings. The summed E-state index contributed by atoms with van der Waals surface area (Å²) in [7, 11) is 1.50. The highest BCUT2D eigenvalue weighted by Crippen LogP contribution is 2.37. The normalized spacial score (nSPS) is 21.9. The topological polar surface area (TPSA) is 67.0 Å². The fourth-order valence-corrected chi connectivity index (χ4v) is 3.98. The van der Waals surface area contributed by atoms with Crippen molar-refractivity contribution >= 4 is 0 Å². The van der Waals surface area contributed by atoms with Crippen molar-refractivity contribution in [3.8, 4) is 5.75 Å². The van der Waals surface area contributed by atoms with Gasteiger partial charge >= 0.3 is 0 Å². The lowest BCUT2D eigenvalue weighted by atomic mass is 9.87. The van der Waals surface area contributed by atoms with Crippen LogP contribution in [0.1, 0.15) is 63.6 Å². The molecule has 0 atom stereocenters. The molecule has 2 aliphatic rings. The maximum absolute atomic E-state index is 12.0. The second-order valence-electron chi connectivity index (χ2n) is 6.80. The summed E-state index contributed by atoms with van der Waals surface area (Å²) < 4.78 is 5.02. The summed E-state index contributed by atoms with van der Waals surface area (Å²) in [5.41, 5.74) is -0.332. The summed E-state index contributed by atoms with van der Waals surface area (Å²) in [6.07, 6.45) is 12.8. The van der Waals surface area contributed by atoms with Gasteiger partial charge < -0.3 is 15.0 Å². The number of methoxy groups -OCH3 is 1. The molecule has 0 amide bonds. The number of aromatic nitrogens is 2. The van der Waals surface area contributed by atoms with Gasteiger partial charge in [-0.2, -0.15) is 0 Å². The fourth-order valence-electron chi connectivity index (χ4n) is 3.98. The molecule has 5 heteroatoms. The number of nitrogens with one attached hydrogen (secondary N) is 2. The number of hydrogen-bond acceptors (Lipinski definition) is 4. The molecule has 2 aliphatic carbocycles. The highest BCUT2D eigenvalue weighted by Gasteiger charge is 2.38. The Morgan fingerprint density at radius 3 is 2.64 bits per heavy atom. The molecule has 0 aliphatic heterocycles. The van der Waals surface area contributed by atoms with Gasteiger partial charge in [-0.1, -0.05) is 32.1 Å². The van der Waals surface area contributed by atoms with Crippen molar-refractivity contribution in [1.82, 2.24) is 15.3 Å². The predicted molar refractivity (Wildman–Crippen MR) is 86.1 cm³/mol. The van der Waals surface area contributed by atoms with Gasteiger partial charge in [0.2, 0.25) is 5.75 Å². The summed E-state index contributed by atoms with van der Waals surface area (Å²) in [6.45, 7) is 1.04. The minimum Gasteiger partial charge on any atom is -0.490 e. The molecular weight excluding hydrogens is 278 g/mol. The molecule has 5 nitrogen and oxygen atoms in total. The third-order valence-corrected chi connectivity index (χ3v) is 5.35. The SMILES string of the molecule is COc1cnc(C2(NCC3CCCCC3)CCCC2)[nH]c1=O. The average Bonchev–Trinajstić information content (AvgIpc) is 3.04. The lowest BCUT2D eigenvalue weighted by Gasteiger charge is -2.32. The Morgan fingerprint density at radius 2 is 2.00 bits per heavy atom. The van der Waals surface area contributed by atoms with Crippen molar-refractivity contribution < 1.29 is 4.74 Å². The molecule has 0 spiro atoms. The Hall–Kier alpha value is -1.36. The third-order valence-electron chi connectivity index (χ3n) is 5.35. The third kappa shape index (κ3) is 3.19. The van der Waals surface area contributed by atoms with E-state index in [1.165, 1.54) is 52.1 Å². The maximum Gasteiger partial charge on any atom is 0.293 e. The summed E-state index contributed by atoms with van der Waals surface area (Å²) >= 11 is 0. The number of rotatable bonds is 5. The van der Waals surface area contributed by atoms with Crippen molar-refractivity contribution in [2.45, 2.75) is 63.3 Å². The standard InChI is InChI=1S/C17H27N3O2/c1-22-14-12-18-16(20-15(14)21)17(9-5-6-10-17)19-11-13-7-3-2-4-8-13/h12-13,19H,2-11H2,1H3,(H,18,20,21). The molecule has 2 N–H and O–H groups in total. The van der Waals surface area contributed by atoms with E-state index in [0.717, 1.165) is 31.1 Å². The Morgan fingerprint density at radius 1 is 1.27 bits per heavy atom. The first kappa shape index (κ1) is 15.5. The molecule has 2 saturated carbocycles. The zero-order valence-electron chi connectivity index (χ0n) is 13.5. The van der Waals surface area contributed by atoms with Crippen molar-refractivity contribution in [3.05, 3.63) is 22.4 Å². The molecule has 0 unspecified atom stereocenters. The van der Waals surface area contributed by atoms with Crippen molar-refractivity contribution in [3.63, 3.8) is 0 Å². The van der Waals surface area contributed by atoms with Gasteiger partial charge in [-0.25, -0.2) is 4.98 Å². The van der Waals surface area contributed by atoms with Crippen LogP contribution in [0.2, 0.25) is 0 Å². The van der Waals surface area contributed by atoms with E-state index in [2.05, 4.69) is 15.3 Å². The van der Waals surface area contributed by atoms with Crippen molar-refractivity contribution in [2.75, 3.05) is 13.7 Å². The van der Waals surface area contributed by atoms with E-state index in [1.807, 2.05) is 0 Å². The fraction of sp³-hybridized carbons (Fsp3) is 0.765. The van der Waals surface area contributed by atoms with Crippen LogP contribution < -0.4 is 15.6 Å². The van der Waals surface area contributed by atoms with E-state index >= 15 is 0 Å². The van der Waals surface area contributed by atoms with Crippen LogP contribution in [0.25, 0.3) is 0 Å². The van der Waals surface area contributed by atoms with Crippen LogP contribution in [0, 0.1) is 5.92 Å². The van der Waals surface area contributed by atoms with E-state index in [-0.39, 0.29) is 16.8 Å². The van der Waals surface area contributed by atoms with Crippen LogP contribution in [-0.2, 0) is 5.54 Å². The quantitative estimate of drug-likeness (QED) is 0.878. The summed E-state index contributed by atoms with van der Waals surface area (Å²) in [5.74, 6) is 1.84. The molecule has 1 aromatic heterocycles. The second kappa shape index (κ2) is 6.82. The van der Waals surface area contributed by atoms with Gasteiger partial charge in [-0.3, -0.25) is 4.79 Å². The minimum absolute atomic E-state index is 0.150. The molecule has 0 saturated heterocycles. The molecule has 1 aromatic rings. The highest BCUT2D eigenvalue weighted by atomic mass is 16.5. The van der Waals surface area contributed by atoms with Crippen LogP contribution >= 0.6 is 0 Å². The Kier molecular flexibility index (Phi) is 4.81. The molecule has 3 rings (SSSR count). The summed E-state index contributed by atoms with van der Waals surface area (Å²) in [5, 5.41) is 3.77. The van der Waals surface area contributed by atoms with Gasteiger partial charge in [0.25, 0.3) is 5.56 Å². The molecular formula is C17H27N3O2. The molecule has 0 radical (unpaired) electrons. The Bertz CT molecular complexity index is 543. The van der Waals surface area contributed by atoms with Crippen molar-refractivity contribution in [1.29, 1.82) is 0 Å². The lowest BCUT2D eigenvalue weighted by molar-refractivity contribution is 0.261. The number of aromatic amines is 1. The van der Waals surface area contributed by atoms with Gasteiger partial charge in [0.15, 0.2) is 0 Å². The zero-order valence-corrected chi connectivity index (χ0v) is 13.5. The first-order valence-electron chi connectivity index (χ1n) is 8.62. The predicted octanol–water partition coefficient (Wildman–Crippen LogP) is 2.72. The average molecular weight is 305 g/mol. The largest absolute Gasteiger partial charge is 0.490 e. The van der Waals surface area contributed by atoms with E-state index in [0.29, 0.717) is 0 Å². The van der Waals surface area contributed by atoms with Crippen LogP contribution in [0.4, 0.5) is 0 Å². The monoisotopic (exact) mass is 305 g/mol. The van der Waals surface area contributed by atoms with Gasteiger partial charge in [0, 0.05) is 0 Å². The Balaban J connectivity index is 1.75. The molecule has 1 heterocycles.